The summed E-state index contributed by atoms with van der Waals surface area (Å²) in [5.41, 5.74) is 0.797. The van der Waals surface area contributed by atoms with Crippen molar-refractivity contribution in [3.05, 3.63) is 58.9 Å². The molecule has 0 aliphatic carbocycles. The molecule has 148 valence electrons. The summed E-state index contributed by atoms with van der Waals surface area (Å²) in [6.07, 6.45) is 0.986. The molecule has 0 unspecified atom stereocenters. The molecule has 0 spiro atoms. The van der Waals surface area contributed by atoms with Gasteiger partial charge in [-0.2, -0.15) is 0 Å². The second-order valence-corrected chi connectivity index (χ2v) is 5.69. The van der Waals surface area contributed by atoms with E-state index < -0.39 is 18.5 Å². The summed E-state index contributed by atoms with van der Waals surface area (Å²) in [5, 5.41) is 2.60. The van der Waals surface area contributed by atoms with Crippen LogP contribution in [0, 0.1) is 5.82 Å². The average molecular weight is 389 g/mol. The Labute approximate surface area is 161 Å². The van der Waals surface area contributed by atoms with Crippen LogP contribution >= 0.6 is 0 Å². The molecule has 1 amide bonds. The number of benzene rings is 2. The van der Waals surface area contributed by atoms with E-state index in [1.54, 1.807) is 12.1 Å². The first-order valence-electron chi connectivity index (χ1n) is 8.38. The molecular formula is C20H20FNO6. The van der Waals surface area contributed by atoms with Gasteiger partial charge < -0.3 is 19.5 Å². The number of esters is 1. The van der Waals surface area contributed by atoms with Gasteiger partial charge in [-0.25, -0.2) is 9.18 Å². The number of carbonyl (C=O) groups is 3. The lowest BCUT2D eigenvalue weighted by Gasteiger charge is -2.14. The Morgan fingerprint density at radius 3 is 2.39 bits per heavy atom. The first-order chi connectivity index (χ1) is 13.5. The summed E-state index contributed by atoms with van der Waals surface area (Å²) in [6.45, 7) is -0.231. The maximum absolute atomic E-state index is 12.9. The van der Waals surface area contributed by atoms with Crippen molar-refractivity contribution >= 4 is 18.2 Å². The average Bonchev–Trinajstić information content (AvgIpc) is 2.72. The van der Waals surface area contributed by atoms with Gasteiger partial charge in [0.25, 0.3) is 5.91 Å². The van der Waals surface area contributed by atoms with E-state index in [9.17, 15) is 18.8 Å². The highest BCUT2D eigenvalue weighted by molar-refractivity contribution is 6.02. The molecule has 0 bridgehead atoms. The number of hydrogen-bond donors (Lipinski definition) is 1. The third-order valence-electron chi connectivity index (χ3n) is 3.89. The van der Waals surface area contributed by atoms with Gasteiger partial charge in [-0.15, -0.1) is 0 Å². The van der Waals surface area contributed by atoms with Crippen LogP contribution in [-0.2, 0) is 16.0 Å². The minimum Gasteiger partial charge on any atom is -0.493 e. The van der Waals surface area contributed by atoms with Gasteiger partial charge in [-0.1, -0.05) is 12.1 Å². The van der Waals surface area contributed by atoms with Crippen molar-refractivity contribution in [1.29, 1.82) is 0 Å². The Kier molecular flexibility index (Phi) is 7.50. The van der Waals surface area contributed by atoms with Gasteiger partial charge in [0.2, 0.25) is 0 Å². The van der Waals surface area contributed by atoms with E-state index >= 15 is 0 Å². The predicted octanol–water partition coefficient (Wildman–Crippen LogP) is 2.17. The van der Waals surface area contributed by atoms with Gasteiger partial charge in [0.1, 0.15) is 11.4 Å². The third-order valence-corrected chi connectivity index (χ3v) is 3.89. The largest absolute Gasteiger partial charge is 0.493 e. The molecule has 0 heterocycles. The first kappa shape index (κ1) is 20.9. The number of amides is 1. The van der Waals surface area contributed by atoms with Crippen LogP contribution in [0.25, 0.3) is 0 Å². The topological polar surface area (TPSA) is 90.9 Å². The molecule has 0 aliphatic heterocycles. The molecule has 8 heteroatoms. The number of hydrogen-bond acceptors (Lipinski definition) is 6. The van der Waals surface area contributed by atoms with Crippen molar-refractivity contribution in [2.24, 2.45) is 0 Å². The number of halogens is 1. The van der Waals surface area contributed by atoms with Crippen molar-refractivity contribution in [3.8, 4) is 11.5 Å². The van der Waals surface area contributed by atoms with Gasteiger partial charge in [-0.05, 0) is 36.2 Å². The van der Waals surface area contributed by atoms with E-state index in [1.807, 2.05) is 0 Å². The number of nitrogens with one attached hydrogen (secondary N) is 1. The van der Waals surface area contributed by atoms with Crippen LogP contribution in [0.2, 0.25) is 0 Å². The Morgan fingerprint density at radius 2 is 1.79 bits per heavy atom. The third kappa shape index (κ3) is 5.29. The van der Waals surface area contributed by atoms with Crippen LogP contribution < -0.4 is 14.8 Å². The molecule has 2 aromatic carbocycles. The lowest BCUT2D eigenvalue weighted by Crippen LogP contribution is -2.30. The van der Waals surface area contributed by atoms with Gasteiger partial charge in [0.15, 0.2) is 24.4 Å². The van der Waals surface area contributed by atoms with Crippen LogP contribution in [0.4, 0.5) is 4.39 Å². The minimum absolute atomic E-state index is 0.0498. The van der Waals surface area contributed by atoms with Crippen LogP contribution in [-0.4, -0.2) is 45.5 Å². The molecular weight excluding hydrogens is 369 g/mol. The molecule has 0 aromatic heterocycles. The summed E-state index contributed by atoms with van der Waals surface area (Å²) in [5.74, 6) is -1.42. The molecule has 28 heavy (non-hydrogen) atoms. The summed E-state index contributed by atoms with van der Waals surface area (Å²) in [7, 11) is 2.72. The summed E-state index contributed by atoms with van der Waals surface area (Å²) in [6, 6.07) is 8.81. The smallest absolute Gasteiger partial charge is 0.343 e. The van der Waals surface area contributed by atoms with Crippen molar-refractivity contribution in [3.63, 3.8) is 0 Å². The van der Waals surface area contributed by atoms with E-state index in [1.165, 1.54) is 38.5 Å². The monoisotopic (exact) mass is 389 g/mol. The SMILES string of the molecule is COc1ccc(C=O)c(C(=O)OCC(=O)NCCc2ccc(F)cc2)c1OC. The van der Waals surface area contributed by atoms with Crippen molar-refractivity contribution in [1.82, 2.24) is 5.32 Å². The lowest BCUT2D eigenvalue weighted by atomic mass is 10.1. The van der Waals surface area contributed by atoms with E-state index in [0.29, 0.717) is 19.3 Å². The summed E-state index contributed by atoms with van der Waals surface area (Å²) < 4.78 is 28.1. The Morgan fingerprint density at radius 1 is 1.07 bits per heavy atom. The Bertz CT molecular complexity index is 851. The molecule has 0 radical (unpaired) electrons. The zero-order valence-electron chi connectivity index (χ0n) is 15.5. The minimum atomic E-state index is -0.883. The van der Waals surface area contributed by atoms with Gasteiger partial charge in [-0.3, -0.25) is 9.59 Å². The quantitative estimate of drug-likeness (QED) is 0.522. The normalized spacial score (nSPS) is 10.1. The highest BCUT2D eigenvalue weighted by Gasteiger charge is 2.23. The van der Waals surface area contributed by atoms with Gasteiger partial charge in [0.05, 0.1) is 14.2 Å². The predicted molar refractivity (Wildman–Crippen MR) is 98.3 cm³/mol. The summed E-state index contributed by atoms with van der Waals surface area (Å²) >= 11 is 0. The second kappa shape index (κ2) is 10.1. The van der Waals surface area contributed by atoms with E-state index in [2.05, 4.69) is 5.32 Å². The van der Waals surface area contributed by atoms with Crippen LogP contribution in [0.5, 0.6) is 11.5 Å². The fraction of sp³-hybridized carbons (Fsp3) is 0.250. The number of aldehydes is 1. The van der Waals surface area contributed by atoms with E-state index in [4.69, 9.17) is 14.2 Å². The van der Waals surface area contributed by atoms with E-state index in [-0.39, 0.29) is 28.4 Å². The molecule has 0 saturated heterocycles. The fourth-order valence-corrected chi connectivity index (χ4v) is 2.50. The van der Waals surface area contributed by atoms with Crippen molar-refractivity contribution in [2.75, 3.05) is 27.4 Å². The van der Waals surface area contributed by atoms with E-state index in [0.717, 1.165) is 5.56 Å². The number of carbonyl (C=O) groups excluding carboxylic acids is 3. The Balaban J connectivity index is 1.93. The maximum atomic E-state index is 12.9. The van der Waals surface area contributed by atoms with Crippen LogP contribution in [0.1, 0.15) is 26.3 Å². The lowest BCUT2D eigenvalue weighted by molar-refractivity contribution is -0.124. The molecule has 0 atom stereocenters. The maximum Gasteiger partial charge on any atom is 0.343 e. The molecule has 2 rings (SSSR count). The first-order valence-corrected chi connectivity index (χ1v) is 8.38. The molecule has 0 saturated carbocycles. The molecule has 1 N–H and O–H groups in total. The summed E-state index contributed by atoms with van der Waals surface area (Å²) in [4.78, 5) is 35.5. The van der Waals surface area contributed by atoms with Crippen LogP contribution in [0.15, 0.2) is 36.4 Å². The number of rotatable bonds is 9. The second-order valence-electron chi connectivity index (χ2n) is 5.69. The zero-order valence-corrected chi connectivity index (χ0v) is 15.5. The molecule has 0 fully saturated rings. The van der Waals surface area contributed by atoms with Crippen molar-refractivity contribution in [2.45, 2.75) is 6.42 Å². The van der Waals surface area contributed by atoms with Crippen LogP contribution in [0.3, 0.4) is 0 Å². The Hall–Kier alpha value is -3.42. The molecule has 7 nitrogen and oxygen atoms in total. The standard InChI is InChI=1S/C20H20FNO6/c1-26-16-8-5-14(11-23)18(19(16)27-2)20(25)28-12-17(24)22-10-9-13-3-6-15(21)7-4-13/h3-8,11H,9-10,12H2,1-2H3,(H,22,24). The number of ether oxygens (including phenoxy) is 3. The number of methoxy groups -OCH3 is 2. The van der Waals surface area contributed by atoms with Gasteiger partial charge in [0, 0.05) is 12.1 Å². The molecule has 2 aromatic rings. The highest BCUT2D eigenvalue weighted by atomic mass is 19.1. The molecule has 0 aliphatic rings. The van der Waals surface area contributed by atoms with Gasteiger partial charge >= 0.3 is 5.97 Å². The zero-order chi connectivity index (χ0) is 20.5. The fourth-order valence-electron chi connectivity index (χ4n) is 2.50. The van der Waals surface area contributed by atoms with Crippen molar-refractivity contribution < 1.29 is 33.0 Å². The highest BCUT2D eigenvalue weighted by Crippen LogP contribution is 2.33.